The largest absolute Gasteiger partial charge is 0.490 e. The van der Waals surface area contributed by atoms with Gasteiger partial charge < -0.3 is 20.5 Å². The Morgan fingerprint density at radius 3 is 2.08 bits per heavy atom. The third kappa shape index (κ3) is 9.06. The Balaban J connectivity index is 0.000000671. The molecule has 3 aromatic rings. The van der Waals surface area contributed by atoms with Crippen LogP contribution in [0.4, 0.5) is 26.3 Å². The number of carboxylic acids is 1. The summed E-state index contributed by atoms with van der Waals surface area (Å²) in [6.07, 6.45) is -2.89. The van der Waals surface area contributed by atoms with Gasteiger partial charge in [-0.25, -0.2) is 17.6 Å². The molecule has 2 bridgehead atoms. The predicted molar refractivity (Wildman–Crippen MR) is 164 cm³/mol. The van der Waals surface area contributed by atoms with Crippen LogP contribution in [-0.4, -0.2) is 60.6 Å². The molecular formula is C31H30BrF6N3O6S. The van der Waals surface area contributed by atoms with Crippen molar-refractivity contribution in [3.8, 4) is 5.75 Å². The number of sulfonamides is 1. The molecule has 48 heavy (non-hydrogen) atoms. The Hall–Kier alpha value is -3.67. The first-order valence-electron chi connectivity index (χ1n) is 14.4. The van der Waals surface area contributed by atoms with Gasteiger partial charge in [-0.05, 0) is 67.6 Å². The van der Waals surface area contributed by atoms with Crippen LogP contribution in [0.3, 0.4) is 0 Å². The minimum absolute atomic E-state index is 0.0276. The van der Waals surface area contributed by atoms with Gasteiger partial charge in [0.25, 0.3) is 5.92 Å². The molecule has 0 spiro atoms. The third-order valence-corrected chi connectivity index (χ3v) is 9.76. The molecule has 3 aromatic carbocycles. The highest BCUT2D eigenvalue weighted by atomic mass is 79.9. The second-order valence-electron chi connectivity index (χ2n) is 11.2. The molecule has 0 aromatic heterocycles. The van der Waals surface area contributed by atoms with Gasteiger partial charge in [-0.1, -0.05) is 46.3 Å². The normalized spacial score (nSPS) is 20.0. The Labute approximate surface area is 280 Å². The minimum atomic E-state index is -5.08. The summed E-state index contributed by atoms with van der Waals surface area (Å²) >= 11 is 3.22. The molecule has 5 rings (SSSR count). The van der Waals surface area contributed by atoms with Crippen LogP contribution < -0.4 is 15.2 Å². The van der Waals surface area contributed by atoms with E-state index in [2.05, 4.69) is 15.9 Å². The van der Waals surface area contributed by atoms with Crippen LogP contribution in [0.2, 0.25) is 0 Å². The number of hydrogen-bond donors (Lipinski definition) is 3. The average Bonchev–Trinajstić information content (AvgIpc) is 3.29. The number of benzene rings is 3. The molecule has 3 unspecified atom stereocenters. The number of aliphatic carboxylic acids is 1. The standard InChI is InChI=1S/C29H29BrF3N3O4S.C2HF3O2/c30-20-8-6-19(7-9-20)29(32,33)27(28(37)36-23-12-13-24(36)15-22(34)14-23)35-41(38,39)26-3-1-2-25(16-26)40-17-18-4-10-21(31)11-5-18;3-2(4,5)1(6)7/h1-11,16,22-24,27,35H,12-15,17,34H2;(H,6,7). The number of hydrogen-bond acceptors (Lipinski definition) is 6. The predicted octanol–water partition coefficient (Wildman–Crippen LogP) is 5.72. The Morgan fingerprint density at radius 2 is 1.54 bits per heavy atom. The molecule has 3 atom stereocenters. The van der Waals surface area contributed by atoms with Gasteiger partial charge in [0.05, 0.1) is 4.90 Å². The Kier molecular flexibility index (Phi) is 11.5. The van der Waals surface area contributed by atoms with Crippen LogP contribution in [0.25, 0.3) is 0 Å². The van der Waals surface area contributed by atoms with Crippen molar-refractivity contribution in [3.63, 3.8) is 0 Å². The van der Waals surface area contributed by atoms with Crippen LogP contribution in [0.1, 0.15) is 36.8 Å². The van der Waals surface area contributed by atoms with Crippen molar-refractivity contribution < 1.29 is 54.2 Å². The molecule has 2 saturated heterocycles. The zero-order valence-corrected chi connectivity index (χ0v) is 27.2. The number of carboxylic acid groups (broad SMARTS) is 1. The lowest BCUT2D eigenvalue weighted by Gasteiger charge is -2.41. The topological polar surface area (TPSA) is 139 Å². The first-order valence-corrected chi connectivity index (χ1v) is 16.7. The monoisotopic (exact) mass is 765 g/mol. The van der Waals surface area contributed by atoms with E-state index >= 15 is 8.78 Å². The van der Waals surface area contributed by atoms with Crippen molar-refractivity contribution in [1.29, 1.82) is 0 Å². The number of carbonyl (C=O) groups is 2. The van der Waals surface area contributed by atoms with Crippen LogP contribution in [0, 0.1) is 5.82 Å². The lowest BCUT2D eigenvalue weighted by atomic mass is 9.95. The summed E-state index contributed by atoms with van der Waals surface area (Å²) in [5, 5.41) is 7.12. The number of rotatable bonds is 9. The number of nitrogens with one attached hydrogen (secondary N) is 1. The van der Waals surface area contributed by atoms with Gasteiger partial charge in [-0.2, -0.15) is 26.7 Å². The van der Waals surface area contributed by atoms with Gasteiger partial charge in [0.15, 0.2) is 6.04 Å². The zero-order chi connectivity index (χ0) is 35.4. The highest BCUT2D eigenvalue weighted by molar-refractivity contribution is 9.10. The number of amides is 1. The van der Waals surface area contributed by atoms with E-state index in [1.807, 2.05) is 4.72 Å². The smallest absolute Gasteiger partial charge is 0.489 e. The van der Waals surface area contributed by atoms with Crippen LogP contribution >= 0.6 is 15.9 Å². The molecule has 260 valence electrons. The SMILES string of the molecule is NC1CC2CCC(C1)N2C(=O)C(NS(=O)(=O)c1cccc(OCc2ccc(F)cc2)c1)C(F)(F)c1ccc(Br)cc1.O=C(O)C(F)(F)F. The van der Waals surface area contributed by atoms with E-state index in [1.165, 1.54) is 65.6 Å². The summed E-state index contributed by atoms with van der Waals surface area (Å²) in [5.41, 5.74) is 6.26. The molecule has 2 heterocycles. The maximum atomic E-state index is 16.1. The quantitative estimate of drug-likeness (QED) is 0.237. The van der Waals surface area contributed by atoms with Gasteiger partial charge in [0.1, 0.15) is 18.2 Å². The van der Waals surface area contributed by atoms with Crippen LogP contribution in [-0.2, 0) is 32.1 Å². The summed E-state index contributed by atoms with van der Waals surface area (Å²) in [6, 6.07) is 12.9. The number of ether oxygens (including phenoxy) is 1. The Morgan fingerprint density at radius 1 is 0.979 bits per heavy atom. The van der Waals surface area contributed by atoms with E-state index in [-0.39, 0.29) is 35.4 Å². The van der Waals surface area contributed by atoms with Gasteiger partial charge in [0.2, 0.25) is 15.9 Å². The van der Waals surface area contributed by atoms with Crippen LogP contribution in [0.15, 0.2) is 82.2 Å². The van der Waals surface area contributed by atoms with E-state index in [4.69, 9.17) is 20.4 Å². The van der Waals surface area contributed by atoms with E-state index in [0.717, 1.165) is 12.1 Å². The zero-order valence-electron chi connectivity index (χ0n) is 24.8. The van der Waals surface area contributed by atoms with E-state index in [9.17, 15) is 30.8 Å². The number of halogens is 7. The third-order valence-electron chi connectivity index (χ3n) is 7.81. The molecule has 0 saturated carbocycles. The van der Waals surface area contributed by atoms with Gasteiger partial charge in [-0.3, -0.25) is 4.79 Å². The minimum Gasteiger partial charge on any atom is -0.489 e. The summed E-state index contributed by atoms with van der Waals surface area (Å²) in [4.78, 5) is 23.8. The molecular weight excluding hydrogens is 736 g/mol. The second kappa shape index (κ2) is 14.8. The molecule has 2 aliphatic heterocycles. The van der Waals surface area contributed by atoms with Crippen molar-refractivity contribution in [1.82, 2.24) is 9.62 Å². The summed E-state index contributed by atoms with van der Waals surface area (Å²) in [7, 11) is -4.62. The number of fused-ring (bicyclic) bond motifs is 2. The molecule has 2 aliphatic rings. The van der Waals surface area contributed by atoms with Gasteiger partial charge in [-0.15, -0.1) is 0 Å². The molecule has 1 amide bonds. The maximum Gasteiger partial charge on any atom is 0.490 e. The number of piperidine rings is 1. The number of nitrogens with zero attached hydrogens (tertiary/aromatic N) is 1. The first-order chi connectivity index (χ1) is 22.4. The lowest BCUT2D eigenvalue weighted by Crippen LogP contribution is -2.60. The van der Waals surface area contributed by atoms with Crippen LogP contribution in [0.5, 0.6) is 5.75 Å². The van der Waals surface area contributed by atoms with Crippen molar-refractivity contribution in [3.05, 3.63) is 94.2 Å². The van der Waals surface area contributed by atoms with Crippen molar-refractivity contribution >= 4 is 37.8 Å². The van der Waals surface area contributed by atoms with Crippen molar-refractivity contribution in [2.45, 2.75) is 73.5 Å². The van der Waals surface area contributed by atoms with Crippen molar-refractivity contribution in [2.24, 2.45) is 5.73 Å². The van der Waals surface area contributed by atoms with E-state index in [1.54, 1.807) is 0 Å². The number of carbonyl (C=O) groups excluding carboxylic acids is 1. The summed E-state index contributed by atoms with van der Waals surface area (Å²) < 4.78 is 112. The highest BCUT2D eigenvalue weighted by Crippen LogP contribution is 2.40. The molecule has 4 N–H and O–H groups in total. The molecule has 17 heteroatoms. The fraction of sp³-hybridized carbons (Fsp3) is 0.355. The molecule has 9 nitrogen and oxygen atoms in total. The highest BCUT2D eigenvalue weighted by Gasteiger charge is 2.53. The molecule has 2 fully saturated rings. The second-order valence-corrected chi connectivity index (χ2v) is 13.9. The average molecular weight is 767 g/mol. The molecule has 0 radical (unpaired) electrons. The van der Waals surface area contributed by atoms with E-state index in [0.29, 0.717) is 35.7 Å². The van der Waals surface area contributed by atoms with Gasteiger partial charge in [0, 0.05) is 34.2 Å². The lowest BCUT2D eigenvalue weighted by molar-refractivity contribution is -0.192. The fourth-order valence-electron chi connectivity index (χ4n) is 5.55. The fourth-order valence-corrected chi connectivity index (χ4v) is 7.04. The Bertz CT molecular complexity index is 1700. The number of alkyl halides is 5. The van der Waals surface area contributed by atoms with Gasteiger partial charge >= 0.3 is 12.1 Å². The molecule has 0 aliphatic carbocycles. The first kappa shape index (κ1) is 37.2. The summed E-state index contributed by atoms with van der Waals surface area (Å²) in [6.45, 7) is 0.0276. The van der Waals surface area contributed by atoms with Crippen molar-refractivity contribution in [2.75, 3.05) is 0 Å². The summed E-state index contributed by atoms with van der Waals surface area (Å²) in [5.74, 6) is -7.86. The van der Waals surface area contributed by atoms with E-state index < -0.39 is 51.4 Å². The number of nitrogens with two attached hydrogens (primary N) is 1. The maximum absolute atomic E-state index is 16.1.